The minimum absolute atomic E-state index is 0.00323. The zero-order valence-electron chi connectivity index (χ0n) is 40.4. The van der Waals surface area contributed by atoms with Crippen molar-refractivity contribution in [1.82, 2.24) is 5.32 Å². The number of halogens is 3. The molecule has 3 aromatic carbocycles. The van der Waals surface area contributed by atoms with Gasteiger partial charge >= 0.3 is 12.1 Å². The Morgan fingerprint density at radius 3 is 1.93 bits per heavy atom. The zero-order valence-corrected chi connectivity index (χ0v) is 41.9. The van der Waals surface area contributed by atoms with E-state index in [1.807, 2.05) is 20.8 Å². The summed E-state index contributed by atoms with van der Waals surface area (Å²) < 4.78 is 74.6. The molecule has 0 bridgehead atoms. The molecule has 0 aromatic heterocycles. The molecule has 2 unspecified atom stereocenters. The van der Waals surface area contributed by atoms with E-state index in [2.05, 4.69) is 16.0 Å². The van der Waals surface area contributed by atoms with Gasteiger partial charge in [-0.2, -0.15) is 0 Å². The Kier molecular flexibility index (Phi) is 22.3. The maximum Gasteiger partial charge on any atom is 0.511 e. The fourth-order valence-electron chi connectivity index (χ4n) is 8.22. The highest BCUT2D eigenvalue weighted by atomic mass is 35.5. The molecule has 2 heterocycles. The van der Waals surface area contributed by atoms with Crippen molar-refractivity contribution in [3.8, 4) is 5.75 Å². The molecule has 5 atom stereocenters. The van der Waals surface area contributed by atoms with Gasteiger partial charge in [0.1, 0.15) is 23.6 Å². The number of ether oxygens (including phenoxy) is 11. The Balaban J connectivity index is 1.06. The van der Waals surface area contributed by atoms with E-state index >= 15 is 4.39 Å². The van der Waals surface area contributed by atoms with E-state index in [4.69, 9.17) is 75.3 Å². The number of carbonyl (C=O) groups excluding carboxylic acids is 4. The molecule has 2 aliphatic rings. The lowest BCUT2D eigenvalue weighted by Crippen LogP contribution is -2.49. The van der Waals surface area contributed by atoms with Gasteiger partial charge in [0.15, 0.2) is 0 Å². The highest BCUT2D eigenvalue weighted by Crippen LogP contribution is 2.57. The second kappa shape index (κ2) is 27.8. The van der Waals surface area contributed by atoms with E-state index in [1.165, 1.54) is 44.4 Å². The molecule has 0 radical (unpaired) electrons. The van der Waals surface area contributed by atoms with Gasteiger partial charge in [-0.1, -0.05) is 62.2 Å². The van der Waals surface area contributed by atoms with E-state index in [0.717, 1.165) is 0 Å². The molecule has 2 aliphatic heterocycles. The van der Waals surface area contributed by atoms with Crippen LogP contribution < -0.4 is 20.7 Å². The fraction of sp³-hybridized carbons (Fsp3) is 0.551. The SMILES string of the molecule is COCCOCCOCCOCCOCCOCCOCCOC(=O)OC(C)OC(=O)c1ccc(NC(=O)[C@@H]2N[C@@H](CC(C)(C)C)C3(C(=O)Nc4cc(Cl)ccc43)[C@H]2c2cccc(Cl)c2F)c(OC)c1. The maximum atomic E-state index is 16.2. The predicted octanol–water partition coefficient (Wildman–Crippen LogP) is 6.93. The first-order chi connectivity index (χ1) is 33.6. The standard InChI is InChI=1S/C49H64Cl2FN3O15/c1-31(70-47(59)68-27-26-67-25-24-66-23-22-65-21-20-64-19-18-63-17-16-62-15-14-60-5)69-45(57)32-10-13-37(39(28-32)61-6)53-44(56)43-41(34-8-7-9-36(51)42(34)52)49(40(55-43)30-48(2,3)4)35-12-11-33(50)29-38(35)54-46(49)58/h7-13,28-29,31,40-41,43,55H,14-27,30H2,1-6H3,(H,53,56)(H,54,58)/t31?,40-,41-,43+,49?/m0/s1. The average Bonchev–Trinajstić information content (AvgIpc) is 3.79. The van der Waals surface area contributed by atoms with Crippen LogP contribution >= 0.6 is 23.2 Å². The minimum Gasteiger partial charge on any atom is -0.495 e. The van der Waals surface area contributed by atoms with Crippen LogP contribution in [0.4, 0.5) is 20.6 Å². The molecule has 0 saturated carbocycles. The van der Waals surface area contributed by atoms with Gasteiger partial charge in [0.05, 0.1) is 115 Å². The molecule has 2 amide bonds. The van der Waals surface area contributed by atoms with E-state index < -0.39 is 59.5 Å². The Hall–Kier alpha value is -4.67. The number of fused-ring (bicyclic) bond motifs is 2. The van der Waals surface area contributed by atoms with E-state index in [1.54, 1.807) is 31.4 Å². The van der Waals surface area contributed by atoms with Crippen molar-refractivity contribution in [2.45, 2.75) is 63.8 Å². The fourth-order valence-corrected chi connectivity index (χ4v) is 8.58. The summed E-state index contributed by atoms with van der Waals surface area (Å²) in [4.78, 5) is 54.5. The lowest BCUT2D eigenvalue weighted by Gasteiger charge is -2.37. The van der Waals surface area contributed by atoms with Gasteiger partial charge in [0.25, 0.3) is 0 Å². The summed E-state index contributed by atoms with van der Waals surface area (Å²) in [6.07, 6.45) is -2.01. The Labute approximate surface area is 417 Å². The molecule has 386 valence electrons. The average molecular weight is 1020 g/mol. The third-order valence-corrected chi connectivity index (χ3v) is 11.7. The number of hydrogen-bond acceptors (Lipinski definition) is 16. The second-order valence-corrected chi connectivity index (χ2v) is 18.2. The summed E-state index contributed by atoms with van der Waals surface area (Å²) in [6.45, 7) is 12.5. The molecule has 1 saturated heterocycles. The number of rotatable bonds is 29. The van der Waals surface area contributed by atoms with Crippen LogP contribution in [0.3, 0.4) is 0 Å². The summed E-state index contributed by atoms with van der Waals surface area (Å²) in [5.41, 5.74) is -0.560. The molecule has 3 N–H and O–H groups in total. The highest BCUT2D eigenvalue weighted by Gasteiger charge is 2.66. The van der Waals surface area contributed by atoms with Gasteiger partial charge in [-0.15, -0.1) is 0 Å². The summed E-state index contributed by atoms with van der Waals surface area (Å²) in [5.74, 6) is -3.69. The molecule has 5 rings (SSSR count). The van der Waals surface area contributed by atoms with E-state index in [9.17, 15) is 19.2 Å². The summed E-state index contributed by atoms with van der Waals surface area (Å²) in [7, 11) is 2.96. The minimum atomic E-state index is -1.47. The number of methoxy groups -OCH3 is 2. The van der Waals surface area contributed by atoms with Crippen LogP contribution in [0.5, 0.6) is 5.75 Å². The first kappa shape index (κ1) is 56.2. The van der Waals surface area contributed by atoms with Crippen molar-refractivity contribution in [1.29, 1.82) is 0 Å². The number of benzene rings is 3. The number of nitrogens with one attached hydrogen (secondary N) is 3. The first-order valence-electron chi connectivity index (χ1n) is 22.9. The second-order valence-electron chi connectivity index (χ2n) is 17.4. The Morgan fingerprint density at radius 1 is 0.771 bits per heavy atom. The number of anilines is 2. The normalized spacial score (nSPS) is 18.9. The van der Waals surface area contributed by atoms with Crippen LogP contribution in [-0.4, -0.2) is 149 Å². The lowest BCUT2D eigenvalue weighted by atomic mass is 9.62. The Bertz CT molecular complexity index is 2200. The largest absolute Gasteiger partial charge is 0.511 e. The van der Waals surface area contributed by atoms with Gasteiger partial charge < -0.3 is 68.1 Å². The zero-order chi connectivity index (χ0) is 50.7. The van der Waals surface area contributed by atoms with Gasteiger partial charge in [0, 0.05) is 36.7 Å². The molecular weight excluding hydrogens is 960 g/mol. The van der Waals surface area contributed by atoms with E-state index in [0.29, 0.717) is 95.4 Å². The van der Waals surface area contributed by atoms with Crippen LogP contribution in [0.1, 0.15) is 61.5 Å². The third kappa shape index (κ3) is 15.7. The van der Waals surface area contributed by atoms with Crippen LogP contribution in [0.2, 0.25) is 10.0 Å². The smallest absolute Gasteiger partial charge is 0.495 e. The molecule has 1 spiro atoms. The molecule has 0 aliphatic carbocycles. The van der Waals surface area contributed by atoms with Crippen molar-refractivity contribution >= 4 is 58.5 Å². The van der Waals surface area contributed by atoms with Crippen LogP contribution in [-0.2, 0) is 62.4 Å². The van der Waals surface area contributed by atoms with Crippen molar-refractivity contribution < 1.29 is 75.7 Å². The van der Waals surface area contributed by atoms with Crippen molar-refractivity contribution in [2.75, 3.05) is 117 Å². The maximum absolute atomic E-state index is 16.2. The van der Waals surface area contributed by atoms with Gasteiger partial charge in [0.2, 0.25) is 18.1 Å². The third-order valence-electron chi connectivity index (χ3n) is 11.2. The molecule has 18 nitrogen and oxygen atoms in total. The number of hydrogen-bond donors (Lipinski definition) is 3. The Morgan fingerprint density at radius 2 is 1.36 bits per heavy atom. The van der Waals surface area contributed by atoms with E-state index in [-0.39, 0.29) is 52.8 Å². The summed E-state index contributed by atoms with van der Waals surface area (Å²) in [6, 6.07) is 11.8. The van der Waals surface area contributed by atoms with Crippen molar-refractivity contribution in [3.63, 3.8) is 0 Å². The molecule has 21 heteroatoms. The molecule has 70 heavy (non-hydrogen) atoms. The topological polar surface area (TPSA) is 206 Å². The number of carbonyl (C=O) groups is 4. The monoisotopic (exact) mass is 1020 g/mol. The van der Waals surface area contributed by atoms with Crippen molar-refractivity contribution in [2.24, 2.45) is 5.41 Å². The van der Waals surface area contributed by atoms with Gasteiger partial charge in [-0.3, -0.25) is 9.59 Å². The predicted molar refractivity (Wildman–Crippen MR) is 256 cm³/mol. The molecule has 1 fully saturated rings. The van der Waals surface area contributed by atoms with Gasteiger partial charge in [-0.05, 0) is 59.4 Å². The van der Waals surface area contributed by atoms with Crippen molar-refractivity contribution in [3.05, 3.63) is 87.2 Å². The van der Waals surface area contributed by atoms with Crippen LogP contribution in [0, 0.1) is 11.2 Å². The highest BCUT2D eigenvalue weighted by molar-refractivity contribution is 6.31. The number of esters is 1. The number of amides is 2. The summed E-state index contributed by atoms with van der Waals surface area (Å²) in [5, 5.41) is 9.46. The van der Waals surface area contributed by atoms with Crippen LogP contribution in [0.15, 0.2) is 54.6 Å². The lowest BCUT2D eigenvalue weighted by molar-refractivity contribution is -0.122. The first-order valence-corrected chi connectivity index (χ1v) is 23.7. The van der Waals surface area contributed by atoms with Gasteiger partial charge in [-0.25, -0.2) is 14.0 Å². The summed E-state index contributed by atoms with van der Waals surface area (Å²) >= 11 is 12.7. The quantitative estimate of drug-likeness (QED) is 0.0366. The van der Waals surface area contributed by atoms with Crippen LogP contribution in [0.25, 0.3) is 0 Å². The molecular formula is C49H64Cl2FN3O15. The molecule has 3 aromatic rings.